The van der Waals surface area contributed by atoms with Gasteiger partial charge in [0.15, 0.2) is 0 Å². The van der Waals surface area contributed by atoms with Gasteiger partial charge in [-0.3, -0.25) is 0 Å². The van der Waals surface area contributed by atoms with E-state index in [0.717, 1.165) is 29.0 Å². The molecule has 0 amide bonds. The van der Waals surface area contributed by atoms with E-state index >= 15 is 0 Å². The van der Waals surface area contributed by atoms with Gasteiger partial charge in [0.2, 0.25) is 5.95 Å². The molecule has 104 valence electrons. The second-order valence-electron chi connectivity index (χ2n) is 4.56. The van der Waals surface area contributed by atoms with E-state index in [4.69, 9.17) is 0 Å². The van der Waals surface area contributed by atoms with Crippen molar-refractivity contribution in [3.63, 3.8) is 0 Å². The number of aryl methyl sites for hydroxylation is 1. The average molecular weight is 278 g/mol. The molecule has 0 unspecified atom stereocenters. The molecule has 2 rings (SSSR count). The molecule has 0 aliphatic rings. The van der Waals surface area contributed by atoms with Crippen molar-refractivity contribution in [1.82, 2.24) is 9.97 Å². The van der Waals surface area contributed by atoms with Crippen molar-refractivity contribution in [3.8, 4) is 0 Å². The zero-order valence-electron chi connectivity index (χ0n) is 11.9. The van der Waals surface area contributed by atoms with Gasteiger partial charge in [-0.2, -0.15) is 4.98 Å². The summed E-state index contributed by atoms with van der Waals surface area (Å²) in [6, 6.07) is 2.21. The van der Waals surface area contributed by atoms with Crippen LogP contribution in [0.25, 0.3) is 10.2 Å². The Bertz CT molecular complexity index is 535. The van der Waals surface area contributed by atoms with E-state index in [9.17, 15) is 0 Å². The van der Waals surface area contributed by atoms with Crippen molar-refractivity contribution in [2.24, 2.45) is 0 Å². The van der Waals surface area contributed by atoms with Gasteiger partial charge in [0, 0.05) is 18.5 Å². The Hall–Kier alpha value is -1.36. The summed E-state index contributed by atoms with van der Waals surface area (Å²) in [6.07, 6.45) is 4.72. The molecule has 0 fully saturated rings. The predicted molar refractivity (Wildman–Crippen MR) is 84.4 cm³/mol. The fourth-order valence-electron chi connectivity index (χ4n) is 1.97. The standard InChI is InChI=1S/C14H22N4S/c1-4-6-7-8-16-12-11-9-10(5-2)19-13(11)18-14(15-3)17-12/h9H,4-8H2,1-3H3,(H2,15,16,17,18). The molecule has 0 aliphatic heterocycles. The predicted octanol–water partition coefficient (Wildman–Crippen LogP) is 3.90. The van der Waals surface area contributed by atoms with Gasteiger partial charge in [-0.05, 0) is 18.9 Å². The van der Waals surface area contributed by atoms with E-state index in [-0.39, 0.29) is 0 Å². The normalized spacial score (nSPS) is 10.9. The van der Waals surface area contributed by atoms with Crippen LogP contribution in [0.5, 0.6) is 0 Å². The second-order valence-corrected chi connectivity index (χ2v) is 5.68. The lowest BCUT2D eigenvalue weighted by Crippen LogP contribution is -2.06. The monoisotopic (exact) mass is 278 g/mol. The molecular formula is C14H22N4S. The molecule has 0 aromatic carbocycles. The van der Waals surface area contributed by atoms with Crippen molar-refractivity contribution in [1.29, 1.82) is 0 Å². The minimum Gasteiger partial charge on any atom is -0.369 e. The Kier molecular flexibility index (Phi) is 4.96. The molecule has 0 bridgehead atoms. The highest BCUT2D eigenvalue weighted by Crippen LogP contribution is 2.30. The highest BCUT2D eigenvalue weighted by Gasteiger charge is 2.10. The SMILES string of the molecule is CCCCCNc1nc(NC)nc2sc(CC)cc12. The maximum Gasteiger partial charge on any atom is 0.225 e. The topological polar surface area (TPSA) is 49.8 Å². The number of fused-ring (bicyclic) bond motifs is 1. The molecule has 0 aliphatic carbocycles. The Balaban J connectivity index is 2.25. The molecule has 2 heterocycles. The summed E-state index contributed by atoms with van der Waals surface area (Å²) >= 11 is 1.75. The number of anilines is 2. The molecule has 2 aromatic heterocycles. The average Bonchev–Trinajstić information content (AvgIpc) is 2.86. The summed E-state index contributed by atoms with van der Waals surface area (Å²) in [7, 11) is 1.86. The van der Waals surface area contributed by atoms with E-state index in [0.29, 0.717) is 5.95 Å². The lowest BCUT2D eigenvalue weighted by atomic mass is 10.2. The third-order valence-corrected chi connectivity index (χ3v) is 4.26. The minimum atomic E-state index is 0.690. The Labute approximate surface area is 118 Å². The quantitative estimate of drug-likeness (QED) is 0.754. The zero-order valence-corrected chi connectivity index (χ0v) is 12.7. The van der Waals surface area contributed by atoms with Crippen molar-refractivity contribution in [2.75, 3.05) is 24.2 Å². The number of hydrogen-bond donors (Lipinski definition) is 2. The summed E-state index contributed by atoms with van der Waals surface area (Å²) in [5.41, 5.74) is 0. The molecule has 19 heavy (non-hydrogen) atoms. The van der Waals surface area contributed by atoms with Gasteiger partial charge in [0.05, 0.1) is 5.39 Å². The number of aromatic nitrogens is 2. The summed E-state index contributed by atoms with van der Waals surface area (Å²) in [4.78, 5) is 11.5. The fraction of sp³-hybridized carbons (Fsp3) is 0.571. The van der Waals surface area contributed by atoms with E-state index in [1.807, 2.05) is 7.05 Å². The van der Waals surface area contributed by atoms with E-state index < -0.39 is 0 Å². The number of unbranched alkanes of at least 4 members (excludes halogenated alkanes) is 2. The third kappa shape index (κ3) is 3.35. The number of hydrogen-bond acceptors (Lipinski definition) is 5. The van der Waals surface area contributed by atoms with Crippen LogP contribution in [0, 0.1) is 0 Å². The van der Waals surface area contributed by atoms with Crippen molar-refractivity contribution in [3.05, 3.63) is 10.9 Å². The maximum absolute atomic E-state index is 4.54. The number of thiophene rings is 1. The molecule has 0 spiro atoms. The fourth-order valence-corrected chi connectivity index (χ4v) is 2.94. The Morgan fingerprint density at radius 2 is 2.05 bits per heavy atom. The van der Waals surface area contributed by atoms with E-state index in [1.54, 1.807) is 11.3 Å². The van der Waals surface area contributed by atoms with Gasteiger partial charge < -0.3 is 10.6 Å². The van der Waals surface area contributed by atoms with Gasteiger partial charge in [0.25, 0.3) is 0 Å². The molecule has 2 aromatic rings. The number of nitrogens with zero attached hydrogens (tertiary/aromatic N) is 2. The molecule has 5 heteroatoms. The van der Waals surface area contributed by atoms with Crippen LogP contribution in [-0.4, -0.2) is 23.6 Å². The van der Waals surface area contributed by atoms with Crippen LogP contribution < -0.4 is 10.6 Å². The first-order chi connectivity index (χ1) is 9.28. The van der Waals surface area contributed by atoms with Crippen molar-refractivity contribution < 1.29 is 0 Å². The molecule has 4 nitrogen and oxygen atoms in total. The smallest absolute Gasteiger partial charge is 0.225 e. The van der Waals surface area contributed by atoms with Gasteiger partial charge in [-0.15, -0.1) is 11.3 Å². The van der Waals surface area contributed by atoms with E-state index in [1.165, 1.54) is 24.1 Å². The number of nitrogens with one attached hydrogen (secondary N) is 2. The molecule has 0 radical (unpaired) electrons. The molecule has 0 saturated carbocycles. The second kappa shape index (κ2) is 6.70. The Morgan fingerprint density at radius 3 is 2.74 bits per heavy atom. The zero-order chi connectivity index (χ0) is 13.7. The van der Waals surface area contributed by atoms with Crippen LogP contribution in [0.3, 0.4) is 0 Å². The lowest BCUT2D eigenvalue weighted by Gasteiger charge is -2.08. The van der Waals surface area contributed by atoms with Gasteiger partial charge >= 0.3 is 0 Å². The van der Waals surface area contributed by atoms with Crippen molar-refractivity contribution in [2.45, 2.75) is 39.5 Å². The largest absolute Gasteiger partial charge is 0.369 e. The van der Waals surface area contributed by atoms with Crippen LogP contribution in [0.15, 0.2) is 6.07 Å². The van der Waals surface area contributed by atoms with Gasteiger partial charge in [-0.25, -0.2) is 4.98 Å². The van der Waals surface area contributed by atoms with Crippen molar-refractivity contribution >= 4 is 33.3 Å². The van der Waals surface area contributed by atoms with Crippen LogP contribution >= 0.6 is 11.3 Å². The molecule has 0 atom stereocenters. The summed E-state index contributed by atoms with van der Waals surface area (Å²) in [5, 5.41) is 7.63. The Morgan fingerprint density at radius 1 is 1.21 bits per heavy atom. The first kappa shape index (κ1) is 14.1. The minimum absolute atomic E-state index is 0.690. The molecular weight excluding hydrogens is 256 g/mol. The van der Waals surface area contributed by atoms with Gasteiger partial charge in [0.1, 0.15) is 10.6 Å². The molecule has 2 N–H and O–H groups in total. The van der Waals surface area contributed by atoms with Gasteiger partial charge in [-0.1, -0.05) is 26.7 Å². The number of rotatable bonds is 7. The van der Waals surface area contributed by atoms with Crippen LogP contribution in [-0.2, 0) is 6.42 Å². The summed E-state index contributed by atoms with van der Waals surface area (Å²) < 4.78 is 0. The summed E-state index contributed by atoms with van der Waals surface area (Å²) in [5.74, 6) is 1.65. The first-order valence-electron chi connectivity index (χ1n) is 7.00. The van der Waals surface area contributed by atoms with E-state index in [2.05, 4.69) is 40.5 Å². The van der Waals surface area contributed by atoms with Crippen LogP contribution in [0.4, 0.5) is 11.8 Å². The maximum atomic E-state index is 4.54. The van der Waals surface area contributed by atoms with Crippen LogP contribution in [0.1, 0.15) is 38.0 Å². The third-order valence-electron chi connectivity index (χ3n) is 3.09. The highest BCUT2D eigenvalue weighted by atomic mass is 32.1. The first-order valence-corrected chi connectivity index (χ1v) is 7.82. The van der Waals surface area contributed by atoms with Crippen LogP contribution in [0.2, 0.25) is 0 Å². The molecule has 0 saturated heterocycles. The summed E-state index contributed by atoms with van der Waals surface area (Å²) in [6.45, 7) is 5.36. The lowest BCUT2D eigenvalue weighted by molar-refractivity contribution is 0.743. The highest BCUT2D eigenvalue weighted by molar-refractivity contribution is 7.18.